The van der Waals surface area contributed by atoms with Gasteiger partial charge in [0.25, 0.3) is 5.91 Å². The van der Waals surface area contributed by atoms with Crippen LogP contribution in [0.1, 0.15) is 43.6 Å². The molecule has 17 heavy (non-hydrogen) atoms. The van der Waals surface area contributed by atoms with Gasteiger partial charge in [0.1, 0.15) is 0 Å². The Hall–Kier alpha value is -1.35. The Morgan fingerprint density at radius 3 is 2.24 bits per heavy atom. The predicted molar refractivity (Wildman–Crippen MR) is 71.0 cm³/mol. The first-order valence-electron chi connectivity index (χ1n) is 6.04. The highest BCUT2D eigenvalue weighted by atomic mass is 16.1. The van der Waals surface area contributed by atoms with E-state index in [-0.39, 0.29) is 11.4 Å². The SMILES string of the molecule is CCNC(=O)c1ccc(CNC(C)(C)C)cc1. The van der Waals surface area contributed by atoms with E-state index in [1.807, 2.05) is 31.2 Å². The molecule has 2 N–H and O–H groups in total. The van der Waals surface area contributed by atoms with Crippen LogP contribution in [-0.2, 0) is 6.54 Å². The minimum absolute atomic E-state index is 0.0113. The first-order chi connectivity index (χ1) is 7.92. The second-order valence-corrected chi connectivity index (χ2v) is 5.16. The van der Waals surface area contributed by atoms with Crippen LogP contribution in [0.5, 0.6) is 0 Å². The normalized spacial score (nSPS) is 11.3. The molecule has 0 aliphatic rings. The van der Waals surface area contributed by atoms with E-state index >= 15 is 0 Å². The molecule has 0 saturated carbocycles. The van der Waals surface area contributed by atoms with Gasteiger partial charge in [-0.15, -0.1) is 0 Å². The van der Waals surface area contributed by atoms with Crippen LogP contribution in [0.4, 0.5) is 0 Å². The Morgan fingerprint density at radius 1 is 1.18 bits per heavy atom. The second-order valence-electron chi connectivity index (χ2n) is 5.16. The summed E-state index contributed by atoms with van der Waals surface area (Å²) in [6, 6.07) is 7.71. The highest BCUT2D eigenvalue weighted by Crippen LogP contribution is 2.07. The lowest BCUT2D eigenvalue weighted by Crippen LogP contribution is -2.35. The standard InChI is InChI=1S/C14H22N2O/c1-5-15-13(17)12-8-6-11(7-9-12)10-16-14(2,3)4/h6-9,16H,5,10H2,1-4H3,(H,15,17). The van der Waals surface area contributed by atoms with Gasteiger partial charge in [-0.2, -0.15) is 0 Å². The van der Waals surface area contributed by atoms with Gasteiger partial charge in [-0.05, 0) is 45.4 Å². The van der Waals surface area contributed by atoms with Gasteiger partial charge in [0.05, 0.1) is 0 Å². The lowest BCUT2D eigenvalue weighted by molar-refractivity contribution is 0.0956. The topological polar surface area (TPSA) is 41.1 Å². The van der Waals surface area contributed by atoms with E-state index in [0.29, 0.717) is 12.1 Å². The van der Waals surface area contributed by atoms with E-state index in [4.69, 9.17) is 0 Å². The summed E-state index contributed by atoms with van der Waals surface area (Å²) in [6.45, 7) is 9.80. The fraction of sp³-hybridized carbons (Fsp3) is 0.500. The third-order valence-corrected chi connectivity index (χ3v) is 2.38. The van der Waals surface area contributed by atoms with Crippen LogP contribution in [0.3, 0.4) is 0 Å². The zero-order valence-corrected chi connectivity index (χ0v) is 11.1. The van der Waals surface area contributed by atoms with Gasteiger partial charge in [0, 0.05) is 24.2 Å². The quantitative estimate of drug-likeness (QED) is 0.839. The lowest BCUT2D eigenvalue weighted by Gasteiger charge is -2.20. The fourth-order valence-electron chi connectivity index (χ4n) is 1.40. The number of carbonyl (C=O) groups is 1. The summed E-state index contributed by atoms with van der Waals surface area (Å²) in [5.74, 6) is -0.0113. The minimum Gasteiger partial charge on any atom is -0.352 e. The maximum absolute atomic E-state index is 11.5. The molecule has 3 nitrogen and oxygen atoms in total. The van der Waals surface area contributed by atoms with Crippen LogP contribution in [0.15, 0.2) is 24.3 Å². The van der Waals surface area contributed by atoms with E-state index in [0.717, 1.165) is 6.54 Å². The molecule has 3 heteroatoms. The van der Waals surface area contributed by atoms with Crippen LogP contribution in [0.2, 0.25) is 0 Å². The highest BCUT2D eigenvalue weighted by Gasteiger charge is 2.08. The molecule has 0 aromatic heterocycles. The maximum Gasteiger partial charge on any atom is 0.251 e. The Morgan fingerprint density at radius 2 is 1.76 bits per heavy atom. The van der Waals surface area contributed by atoms with E-state index in [1.54, 1.807) is 0 Å². The molecule has 1 aromatic carbocycles. The molecule has 1 amide bonds. The van der Waals surface area contributed by atoms with Crippen LogP contribution >= 0.6 is 0 Å². The number of rotatable bonds is 4. The van der Waals surface area contributed by atoms with E-state index in [2.05, 4.69) is 31.4 Å². The van der Waals surface area contributed by atoms with Crippen molar-refractivity contribution in [1.82, 2.24) is 10.6 Å². The third kappa shape index (κ3) is 5.00. The summed E-state index contributed by atoms with van der Waals surface area (Å²) in [5, 5.41) is 6.19. The van der Waals surface area contributed by atoms with Crippen molar-refractivity contribution in [2.24, 2.45) is 0 Å². The van der Waals surface area contributed by atoms with Crippen molar-refractivity contribution < 1.29 is 4.79 Å². The average Bonchev–Trinajstić information content (AvgIpc) is 2.26. The second kappa shape index (κ2) is 5.82. The fourth-order valence-corrected chi connectivity index (χ4v) is 1.40. The number of amides is 1. The van der Waals surface area contributed by atoms with Crippen molar-refractivity contribution >= 4 is 5.91 Å². The summed E-state index contributed by atoms with van der Waals surface area (Å²) in [7, 11) is 0. The van der Waals surface area contributed by atoms with E-state index < -0.39 is 0 Å². The van der Waals surface area contributed by atoms with Crippen LogP contribution < -0.4 is 10.6 Å². The molecule has 0 fully saturated rings. The van der Waals surface area contributed by atoms with Gasteiger partial charge in [0.15, 0.2) is 0 Å². The molecule has 0 saturated heterocycles. The number of nitrogens with one attached hydrogen (secondary N) is 2. The summed E-state index contributed by atoms with van der Waals surface area (Å²) in [4.78, 5) is 11.5. The molecule has 94 valence electrons. The van der Waals surface area contributed by atoms with Crippen molar-refractivity contribution in [3.63, 3.8) is 0 Å². The Bertz CT molecular complexity index is 363. The number of carbonyl (C=O) groups excluding carboxylic acids is 1. The van der Waals surface area contributed by atoms with Crippen molar-refractivity contribution in [2.45, 2.75) is 39.8 Å². The van der Waals surface area contributed by atoms with Crippen molar-refractivity contribution in [1.29, 1.82) is 0 Å². The molecule has 0 bridgehead atoms. The van der Waals surface area contributed by atoms with Crippen molar-refractivity contribution in [2.75, 3.05) is 6.54 Å². The number of benzene rings is 1. The number of hydrogen-bond acceptors (Lipinski definition) is 2. The summed E-state index contributed by atoms with van der Waals surface area (Å²) >= 11 is 0. The van der Waals surface area contributed by atoms with Gasteiger partial charge >= 0.3 is 0 Å². The minimum atomic E-state index is -0.0113. The van der Waals surface area contributed by atoms with Gasteiger partial charge in [-0.1, -0.05) is 12.1 Å². The first-order valence-corrected chi connectivity index (χ1v) is 6.04. The Kier molecular flexibility index (Phi) is 4.70. The van der Waals surface area contributed by atoms with Gasteiger partial charge in [-0.25, -0.2) is 0 Å². The molecule has 0 unspecified atom stereocenters. The van der Waals surface area contributed by atoms with E-state index in [1.165, 1.54) is 5.56 Å². The molecule has 0 radical (unpaired) electrons. The van der Waals surface area contributed by atoms with Crippen molar-refractivity contribution in [3.8, 4) is 0 Å². The van der Waals surface area contributed by atoms with Gasteiger partial charge in [-0.3, -0.25) is 4.79 Å². The Balaban J connectivity index is 2.59. The van der Waals surface area contributed by atoms with Gasteiger partial charge < -0.3 is 10.6 Å². The average molecular weight is 234 g/mol. The molecule has 1 rings (SSSR count). The van der Waals surface area contributed by atoms with Gasteiger partial charge in [0.2, 0.25) is 0 Å². The summed E-state index contributed by atoms with van der Waals surface area (Å²) < 4.78 is 0. The molecule has 1 aromatic rings. The van der Waals surface area contributed by atoms with Crippen LogP contribution in [-0.4, -0.2) is 18.0 Å². The predicted octanol–water partition coefficient (Wildman–Crippen LogP) is 2.32. The maximum atomic E-state index is 11.5. The molecular formula is C14H22N2O. The van der Waals surface area contributed by atoms with E-state index in [9.17, 15) is 4.79 Å². The lowest BCUT2D eigenvalue weighted by atomic mass is 10.1. The summed E-state index contributed by atoms with van der Waals surface area (Å²) in [6.07, 6.45) is 0. The highest BCUT2D eigenvalue weighted by molar-refractivity contribution is 5.94. The van der Waals surface area contributed by atoms with Crippen molar-refractivity contribution in [3.05, 3.63) is 35.4 Å². The number of hydrogen-bond donors (Lipinski definition) is 2. The molecule has 0 aliphatic carbocycles. The van der Waals surface area contributed by atoms with Crippen LogP contribution in [0, 0.1) is 0 Å². The Labute approximate surface area is 104 Å². The summed E-state index contributed by atoms with van der Waals surface area (Å²) in [5.41, 5.74) is 2.01. The van der Waals surface area contributed by atoms with Crippen LogP contribution in [0.25, 0.3) is 0 Å². The molecule has 0 aliphatic heterocycles. The molecular weight excluding hydrogens is 212 g/mol. The monoisotopic (exact) mass is 234 g/mol. The zero-order valence-electron chi connectivity index (χ0n) is 11.1. The third-order valence-electron chi connectivity index (χ3n) is 2.38. The largest absolute Gasteiger partial charge is 0.352 e. The zero-order chi connectivity index (χ0) is 12.9. The molecule has 0 heterocycles. The molecule has 0 spiro atoms. The smallest absolute Gasteiger partial charge is 0.251 e. The first kappa shape index (κ1) is 13.7. The molecule has 0 atom stereocenters.